The highest BCUT2D eigenvalue weighted by atomic mass is 32.2. The molecule has 1 N–H and O–H groups in total. The van der Waals surface area contributed by atoms with Gasteiger partial charge in [-0.1, -0.05) is 19.8 Å². The Balaban J connectivity index is 4.06. The van der Waals surface area contributed by atoms with E-state index in [2.05, 4.69) is 0 Å². The minimum absolute atomic E-state index is 0.286. The summed E-state index contributed by atoms with van der Waals surface area (Å²) in [6, 6.07) is 0. The standard InChI is InChI=1S/C6H11F3O2S/c1-2-3-4-5(7)6(8,9)12(10)11/h5H,2-4H2,1H3,(H,10,11). The summed E-state index contributed by atoms with van der Waals surface area (Å²) < 4.78 is 55.2. The number of hydrogen-bond donors (Lipinski definition) is 1. The van der Waals surface area contributed by atoms with E-state index >= 15 is 0 Å². The van der Waals surface area contributed by atoms with Crippen LogP contribution in [0.4, 0.5) is 13.2 Å². The van der Waals surface area contributed by atoms with Gasteiger partial charge in [0.25, 0.3) is 0 Å². The van der Waals surface area contributed by atoms with Gasteiger partial charge in [0, 0.05) is 0 Å². The van der Waals surface area contributed by atoms with Crippen molar-refractivity contribution in [1.29, 1.82) is 0 Å². The number of rotatable bonds is 5. The first-order valence-corrected chi connectivity index (χ1v) is 4.66. The van der Waals surface area contributed by atoms with Gasteiger partial charge in [0.05, 0.1) is 0 Å². The van der Waals surface area contributed by atoms with E-state index in [1.54, 1.807) is 6.92 Å². The highest BCUT2D eigenvalue weighted by molar-refractivity contribution is 7.80. The fourth-order valence-electron chi connectivity index (χ4n) is 0.661. The van der Waals surface area contributed by atoms with Gasteiger partial charge >= 0.3 is 5.25 Å². The van der Waals surface area contributed by atoms with Crippen LogP contribution in [0.5, 0.6) is 0 Å². The molecule has 0 rings (SSSR count). The van der Waals surface area contributed by atoms with Crippen molar-refractivity contribution in [1.82, 2.24) is 0 Å². The summed E-state index contributed by atoms with van der Waals surface area (Å²) in [5.41, 5.74) is 0. The van der Waals surface area contributed by atoms with Crippen LogP contribution in [0.15, 0.2) is 0 Å². The van der Waals surface area contributed by atoms with E-state index in [0.29, 0.717) is 6.42 Å². The molecule has 0 aliphatic rings. The van der Waals surface area contributed by atoms with Crippen molar-refractivity contribution < 1.29 is 21.9 Å². The monoisotopic (exact) mass is 204 g/mol. The molecule has 2 unspecified atom stereocenters. The van der Waals surface area contributed by atoms with E-state index < -0.39 is 22.5 Å². The Hall–Kier alpha value is -0.100. The molecule has 0 fully saturated rings. The second kappa shape index (κ2) is 4.81. The van der Waals surface area contributed by atoms with Gasteiger partial charge in [-0.2, -0.15) is 8.78 Å². The lowest BCUT2D eigenvalue weighted by Gasteiger charge is -2.15. The molecule has 0 heterocycles. The van der Waals surface area contributed by atoms with E-state index in [1.165, 1.54) is 0 Å². The Labute approximate surface area is 71.4 Å². The lowest BCUT2D eigenvalue weighted by Crippen LogP contribution is -2.34. The molecule has 12 heavy (non-hydrogen) atoms. The summed E-state index contributed by atoms with van der Waals surface area (Å²) in [6.07, 6.45) is -2.04. The molecule has 0 bridgehead atoms. The first-order chi connectivity index (χ1) is 5.42. The predicted octanol–water partition coefficient (Wildman–Crippen LogP) is 2.33. The van der Waals surface area contributed by atoms with Crippen molar-refractivity contribution in [2.24, 2.45) is 0 Å². The molecule has 0 aliphatic heterocycles. The maximum atomic E-state index is 12.5. The molecule has 0 aromatic heterocycles. The van der Waals surface area contributed by atoms with Gasteiger partial charge in [-0.25, -0.2) is 8.60 Å². The molecule has 0 amide bonds. The van der Waals surface area contributed by atoms with E-state index in [9.17, 15) is 17.4 Å². The van der Waals surface area contributed by atoms with Crippen molar-refractivity contribution in [3.63, 3.8) is 0 Å². The largest absolute Gasteiger partial charge is 0.375 e. The molecule has 0 radical (unpaired) electrons. The van der Waals surface area contributed by atoms with Crippen molar-refractivity contribution in [3.8, 4) is 0 Å². The molecule has 0 aliphatic carbocycles. The van der Waals surface area contributed by atoms with Crippen molar-refractivity contribution >= 4 is 11.1 Å². The Morgan fingerprint density at radius 3 is 2.42 bits per heavy atom. The second-order valence-electron chi connectivity index (χ2n) is 2.42. The minimum Gasteiger partial charge on any atom is -0.301 e. The molecule has 2 atom stereocenters. The first kappa shape index (κ1) is 11.9. The molecule has 0 saturated heterocycles. The van der Waals surface area contributed by atoms with Crippen LogP contribution >= 0.6 is 0 Å². The lowest BCUT2D eigenvalue weighted by molar-refractivity contribution is -0.000854. The highest BCUT2D eigenvalue weighted by Gasteiger charge is 2.45. The smallest absolute Gasteiger partial charge is 0.301 e. The number of hydrogen-bond acceptors (Lipinski definition) is 1. The number of unbranched alkanes of at least 4 members (excludes halogenated alkanes) is 1. The van der Waals surface area contributed by atoms with Gasteiger partial charge in [-0.05, 0) is 6.42 Å². The molecule has 0 spiro atoms. The minimum atomic E-state index is -4.13. The summed E-state index contributed by atoms with van der Waals surface area (Å²) in [5.74, 6) is 0. The van der Waals surface area contributed by atoms with Gasteiger partial charge < -0.3 is 4.55 Å². The summed E-state index contributed by atoms with van der Waals surface area (Å²) in [5, 5.41) is -4.13. The average molecular weight is 204 g/mol. The average Bonchev–Trinajstić information content (AvgIpc) is 1.99. The molecular weight excluding hydrogens is 193 g/mol. The summed E-state index contributed by atoms with van der Waals surface area (Å²) >= 11 is -3.42. The van der Waals surface area contributed by atoms with Crippen LogP contribution < -0.4 is 0 Å². The second-order valence-corrected chi connectivity index (χ2v) is 3.46. The molecule has 6 heteroatoms. The van der Waals surface area contributed by atoms with Crippen LogP contribution in [0.2, 0.25) is 0 Å². The van der Waals surface area contributed by atoms with Crippen LogP contribution in [-0.4, -0.2) is 20.2 Å². The third-order valence-corrected chi connectivity index (χ3v) is 2.13. The number of alkyl halides is 3. The van der Waals surface area contributed by atoms with Gasteiger partial charge in [-0.15, -0.1) is 0 Å². The van der Waals surface area contributed by atoms with Gasteiger partial charge in [0.15, 0.2) is 6.17 Å². The topological polar surface area (TPSA) is 37.3 Å². The maximum absolute atomic E-state index is 12.5. The van der Waals surface area contributed by atoms with Gasteiger partial charge in [0.2, 0.25) is 11.1 Å². The summed E-state index contributed by atoms with van der Waals surface area (Å²) in [4.78, 5) is 0. The van der Waals surface area contributed by atoms with Crippen molar-refractivity contribution in [3.05, 3.63) is 0 Å². The normalized spacial score (nSPS) is 17.4. The molecule has 0 saturated carbocycles. The first-order valence-electron chi connectivity index (χ1n) is 3.55. The lowest BCUT2D eigenvalue weighted by atomic mass is 10.2. The molecule has 2 nitrogen and oxygen atoms in total. The third-order valence-electron chi connectivity index (χ3n) is 1.41. The summed E-state index contributed by atoms with van der Waals surface area (Å²) in [7, 11) is 0. The summed E-state index contributed by atoms with van der Waals surface area (Å²) in [6.45, 7) is 1.72. The van der Waals surface area contributed by atoms with Crippen LogP contribution in [0.1, 0.15) is 26.2 Å². The van der Waals surface area contributed by atoms with Gasteiger partial charge in [0.1, 0.15) is 0 Å². The Morgan fingerprint density at radius 2 is 2.08 bits per heavy atom. The molecule has 0 aromatic carbocycles. The van der Waals surface area contributed by atoms with E-state index in [0.717, 1.165) is 0 Å². The SMILES string of the molecule is CCCCC(F)C(F)(F)S(=O)O. The Bertz CT molecular complexity index is 163. The van der Waals surface area contributed by atoms with Crippen LogP contribution in [0, 0.1) is 0 Å². The number of halogens is 3. The molecular formula is C6H11F3O2S. The predicted molar refractivity (Wildman–Crippen MR) is 40.1 cm³/mol. The Morgan fingerprint density at radius 1 is 1.58 bits per heavy atom. The molecule has 74 valence electrons. The van der Waals surface area contributed by atoms with Crippen molar-refractivity contribution in [2.75, 3.05) is 0 Å². The van der Waals surface area contributed by atoms with E-state index in [-0.39, 0.29) is 12.8 Å². The van der Waals surface area contributed by atoms with Crippen molar-refractivity contribution in [2.45, 2.75) is 37.6 Å². The van der Waals surface area contributed by atoms with Gasteiger partial charge in [-0.3, -0.25) is 0 Å². The zero-order chi connectivity index (χ0) is 9.78. The fourth-order valence-corrected chi connectivity index (χ4v) is 0.997. The molecule has 0 aromatic rings. The zero-order valence-electron chi connectivity index (χ0n) is 6.60. The van der Waals surface area contributed by atoms with Crippen LogP contribution in [0.25, 0.3) is 0 Å². The quantitative estimate of drug-likeness (QED) is 0.698. The van der Waals surface area contributed by atoms with E-state index in [4.69, 9.17) is 4.55 Å². The highest BCUT2D eigenvalue weighted by Crippen LogP contribution is 2.27. The van der Waals surface area contributed by atoms with Crippen LogP contribution in [0.3, 0.4) is 0 Å². The van der Waals surface area contributed by atoms with Crippen LogP contribution in [-0.2, 0) is 11.1 Å². The zero-order valence-corrected chi connectivity index (χ0v) is 7.41. The third kappa shape index (κ3) is 3.10. The fraction of sp³-hybridized carbons (Fsp3) is 1.00. The maximum Gasteiger partial charge on any atom is 0.375 e. The Kier molecular flexibility index (Phi) is 4.77. The van der Waals surface area contributed by atoms with E-state index in [1.807, 2.05) is 0 Å².